The number of carbonyl (C=O) groups is 1. The van der Waals surface area contributed by atoms with E-state index in [2.05, 4.69) is 15.1 Å². The SMILES string of the molecule is O=C(CN1CCN(Cc2cccc([N+](=O)[O-])c2)CC1)NCc1ccccc1. The number of carbonyl (C=O) groups excluding carboxylic acids is 1. The quantitative estimate of drug-likeness (QED) is 0.598. The summed E-state index contributed by atoms with van der Waals surface area (Å²) in [7, 11) is 0. The molecule has 1 fully saturated rings. The van der Waals surface area contributed by atoms with E-state index in [4.69, 9.17) is 0 Å². The fraction of sp³-hybridized carbons (Fsp3) is 0.350. The molecule has 1 aliphatic heterocycles. The third-order valence-electron chi connectivity index (χ3n) is 4.69. The number of rotatable bonds is 7. The van der Waals surface area contributed by atoms with Crippen LogP contribution in [-0.2, 0) is 17.9 Å². The smallest absolute Gasteiger partial charge is 0.269 e. The van der Waals surface area contributed by atoms with Crippen LogP contribution in [0.15, 0.2) is 54.6 Å². The summed E-state index contributed by atoms with van der Waals surface area (Å²) < 4.78 is 0. The Morgan fingerprint density at radius 2 is 1.63 bits per heavy atom. The average molecular weight is 368 g/mol. The predicted molar refractivity (Wildman–Crippen MR) is 103 cm³/mol. The fourth-order valence-electron chi connectivity index (χ4n) is 3.19. The zero-order chi connectivity index (χ0) is 19.1. The van der Waals surface area contributed by atoms with E-state index in [0.717, 1.165) is 37.3 Å². The molecule has 0 radical (unpaired) electrons. The summed E-state index contributed by atoms with van der Waals surface area (Å²) in [5.41, 5.74) is 2.16. The molecule has 1 amide bonds. The van der Waals surface area contributed by atoms with Crippen molar-refractivity contribution in [3.63, 3.8) is 0 Å². The van der Waals surface area contributed by atoms with Crippen LogP contribution in [0.4, 0.5) is 5.69 Å². The molecule has 3 rings (SSSR count). The Morgan fingerprint density at radius 1 is 0.963 bits per heavy atom. The van der Waals surface area contributed by atoms with E-state index in [9.17, 15) is 14.9 Å². The molecular weight excluding hydrogens is 344 g/mol. The molecule has 0 unspecified atom stereocenters. The molecule has 0 aromatic heterocycles. The van der Waals surface area contributed by atoms with Crippen molar-refractivity contribution in [3.8, 4) is 0 Å². The second-order valence-electron chi connectivity index (χ2n) is 6.74. The van der Waals surface area contributed by atoms with E-state index in [1.165, 1.54) is 6.07 Å². The molecule has 1 N–H and O–H groups in total. The van der Waals surface area contributed by atoms with Gasteiger partial charge in [0.25, 0.3) is 5.69 Å². The van der Waals surface area contributed by atoms with Crippen LogP contribution in [0.25, 0.3) is 0 Å². The molecule has 0 aliphatic carbocycles. The first-order valence-electron chi connectivity index (χ1n) is 9.09. The van der Waals surface area contributed by atoms with Gasteiger partial charge in [-0.1, -0.05) is 42.5 Å². The average Bonchev–Trinajstić information content (AvgIpc) is 2.69. The minimum absolute atomic E-state index is 0.0333. The van der Waals surface area contributed by atoms with Crippen LogP contribution in [-0.4, -0.2) is 53.4 Å². The molecular formula is C20H24N4O3. The molecule has 1 aliphatic rings. The molecule has 1 heterocycles. The number of hydrogen-bond donors (Lipinski definition) is 1. The van der Waals surface area contributed by atoms with E-state index in [1.807, 2.05) is 36.4 Å². The lowest BCUT2D eigenvalue weighted by Gasteiger charge is -2.34. The Morgan fingerprint density at radius 3 is 2.33 bits per heavy atom. The first kappa shape index (κ1) is 19.0. The highest BCUT2D eigenvalue weighted by Gasteiger charge is 2.19. The molecule has 27 heavy (non-hydrogen) atoms. The van der Waals surface area contributed by atoms with Gasteiger partial charge < -0.3 is 5.32 Å². The molecule has 2 aromatic rings. The highest BCUT2D eigenvalue weighted by molar-refractivity contribution is 5.78. The van der Waals surface area contributed by atoms with E-state index >= 15 is 0 Å². The lowest BCUT2D eigenvalue weighted by molar-refractivity contribution is -0.384. The van der Waals surface area contributed by atoms with E-state index in [1.54, 1.807) is 12.1 Å². The molecule has 0 saturated carbocycles. The summed E-state index contributed by atoms with van der Waals surface area (Å²) in [6, 6.07) is 16.6. The number of amides is 1. The Kier molecular flexibility index (Phi) is 6.51. The molecule has 142 valence electrons. The third-order valence-corrected chi connectivity index (χ3v) is 4.69. The van der Waals surface area contributed by atoms with Gasteiger partial charge in [0.05, 0.1) is 11.5 Å². The van der Waals surface area contributed by atoms with Gasteiger partial charge in [-0.15, -0.1) is 0 Å². The van der Waals surface area contributed by atoms with Crippen molar-refractivity contribution in [1.29, 1.82) is 0 Å². The Bertz CT molecular complexity index is 774. The lowest BCUT2D eigenvalue weighted by Crippen LogP contribution is -2.49. The topological polar surface area (TPSA) is 78.7 Å². The highest BCUT2D eigenvalue weighted by Crippen LogP contribution is 2.15. The van der Waals surface area contributed by atoms with Crippen molar-refractivity contribution < 1.29 is 9.72 Å². The van der Waals surface area contributed by atoms with E-state index in [0.29, 0.717) is 19.6 Å². The number of piperazine rings is 1. The largest absolute Gasteiger partial charge is 0.351 e. The number of nitrogens with one attached hydrogen (secondary N) is 1. The Labute approximate surface area is 158 Å². The second kappa shape index (κ2) is 9.25. The number of nitro benzene ring substituents is 1. The third kappa shape index (κ3) is 5.87. The highest BCUT2D eigenvalue weighted by atomic mass is 16.6. The Balaban J connectivity index is 1.40. The van der Waals surface area contributed by atoms with Crippen LogP contribution >= 0.6 is 0 Å². The molecule has 0 bridgehead atoms. The van der Waals surface area contributed by atoms with Crippen LogP contribution in [0.5, 0.6) is 0 Å². The van der Waals surface area contributed by atoms with Crippen LogP contribution < -0.4 is 5.32 Å². The first-order chi connectivity index (χ1) is 13.1. The molecule has 0 spiro atoms. The molecule has 7 heteroatoms. The molecule has 0 atom stereocenters. The summed E-state index contributed by atoms with van der Waals surface area (Å²) in [6.45, 7) is 4.95. The normalized spacial score (nSPS) is 15.4. The van der Waals surface area contributed by atoms with Gasteiger partial charge in [0.15, 0.2) is 0 Å². The van der Waals surface area contributed by atoms with Crippen LogP contribution in [0.1, 0.15) is 11.1 Å². The predicted octanol–water partition coefficient (Wildman–Crippen LogP) is 2.03. The van der Waals surface area contributed by atoms with Gasteiger partial charge >= 0.3 is 0 Å². The zero-order valence-electron chi connectivity index (χ0n) is 15.2. The van der Waals surface area contributed by atoms with E-state index in [-0.39, 0.29) is 16.5 Å². The fourth-order valence-corrected chi connectivity index (χ4v) is 3.19. The van der Waals surface area contributed by atoms with Gasteiger partial charge in [-0.25, -0.2) is 0 Å². The minimum atomic E-state index is -0.366. The molecule has 1 saturated heterocycles. The van der Waals surface area contributed by atoms with Gasteiger partial charge in [0.1, 0.15) is 0 Å². The number of nitro groups is 1. The number of non-ortho nitro benzene ring substituents is 1. The number of hydrogen-bond acceptors (Lipinski definition) is 5. The maximum absolute atomic E-state index is 12.1. The van der Waals surface area contributed by atoms with Gasteiger partial charge in [-0.3, -0.25) is 24.7 Å². The second-order valence-corrected chi connectivity index (χ2v) is 6.74. The number of benzene rings is 2. The van der Waals surface area contributed by atoms with Crippen molar-refractivity contribution in [1.82, 2.24) is 15.1 Å². The standard InChI is InChI=1S/C20H24N4O3/c25-20(21-14-17-5-2-1-3-6-17)16-23-11-9-22(10-12-23)15-18-7-4-8-19(13-18)24(26)27/h1-8,13H,9-12,14-16H2,(H,21,25). The molecule has 2 aromatic carbocycles. The van der Waals surface area contributed by atoms with E-state index < -0.39 is 0 Å². The number of nitrogens with zero attached hydrogens (tertiary/aromatic N) is 3. The molecule has 7 nitrogen and oxygen atoms in total. The van der Waals surface area contributed by atoms with Crippen LogP contribution in [0.3, 0.4) is 0 Å². The summed E-state index contributed by atoms with van der Waals surface area (Å²) in [5, 5.41) is 13.8. The minimum Gasteiger partial charge on any atom is -0.351 e. The van der Waals surface area contributed by atoms with Crippen molar-refractivity contribution in [3.05, 3.63) is 75.8 Å². The maximum Gasteiger partial charge on any atom is 0.269 e. The van der Waals surface area contributed by atoms with Gasteiger partial charge in [-0.2, -0.15) is 0 Å². The van der Waals surface area contributed by atoms with Crippen molar-refractivity contribution in [2.24, 2.45) is 0 Å². The van der Waals surface area contributed by atoms with Crippen LogP contribution in [0, 0.1) is 10.1 Å². The van der Waals surface area contributed by atoms with Crippen molar-refractivity contribution >= 4 is 11.6 Å². The van der Waals surface area contributed by atoms with Gasteiger partial charge in [-0.05, 0) is 11.1 Å². The maximum atomic E-state index is 12.1. The van der Waals surface area contributed by atoms with Crippen LogP contribution in [0.2, 0.25) is 0 Å². The van der Waals surface area contributed by atoms with Gasteiger partial charge in [0, 0.05) is 51.4 Å². The summed E-state index contributed by atoms with van der Waals surface area (Å²) in [6.07, 6.45) is 0. The van der Waals surface area contributed by atoms with Crippen molar-refractivity contribution in [2.75, 3.05) is 32.7 Å². The Hall–Kier alpha value is -2.77. The summed E-state index contributed by atoms with van der Waals surface area (Å²) >= 11 is 0. The van der Waals surface area contributed by atoms with Crippen molar-refractivity contribution in [2.45, 2.75) is 13.1 Å². The lowest BCUT2D eigenvalue weighted by atomic mass is 10.1. The summed E-state index contributed by atoms with van der Waals surface area (Å²) in [4.78, 5) is 27.0. The zero-order valence-corrected chi connectivity index (χ0v) is 15.2. The van der Waals surface area contributed by atoms with Gasteiger partial charge in [0.2, 0.25) is 5.91 Å². The monoisotopic (exact) mass is 368 g/mol. The first-order valence-corrected chi connectivity index (χ1v) is 9.09. The summed E-state index contributed by atoms with van der Waals surface area (Å²) in [5.74, 6) is 0.0333.